The van der Waals surface area contributed by atoms with Crippen LogP contribution in [0.3, 0.4) is 0 Å². The molecule has 5 nitrogen and oxygen atoms in total. The van der Waals surface area contributed by atoms with Gasteiger partial charge in [-0.05, 0) is 47.5 Å². The molecule has 6 rings (SSSR count). The largest absolute Gasteiger partial charge is 0.480 e. The van der Waals surface area contributed by atoms with E-state index in [0.29, 0.717) is 0 Å². The van der Waals surface area contributed by atoms with Gasteiger partial charge in [0, 0.05) is 20.1 Å². The predicted octanol–water partition coefficient (Wildman–Crippen LogP) is 6.36. The second kappa shape index (κ2) is 7.35. The third kappa shape index (κ3) is 3.11. The van der Waals surface area contributed by atoms with Gasteiger partial charge in [-0.1, -0.05) is 68.3 Å². The van der Waals surface area contributed by atoms with Gasteiger partial charge in [0.25, 0.3) is 0 Å². The van der Waals surface area contributed by atoms with Crippen LogP contribution >= 0.6 is 31.9 Å². The van der Waals surface area contributed by atoms with Crippen LogP contribution in [-0.4, -0.2) is 14.8 Å². The van der Waals surface area contributed by atoms with Gasteiger partial charge in [-0.2, -0.15) is 10.1 Å². The van der Waals surface area contributed by atoms with Crippen molar-refractivity contribution in [2.45, 2.75) is 12.1 Å². The second-order valence-corrected chi connectivity index (χ2v) is 9.31. The lowest BCUT2D eigenvalue weighted by Crippen LogP contribution is -2.32. The summed E-state index contributed by atoms with van der Waals surface area (Å²) in [7, 11) is 0. The van der Waals surface area contributed by atoms with E-state index >= 15 is 0 Å². The molecule has 3 heterocycles. The van der Waals surface area contributed by atoms with Crippen molar-refractivity contribution >= 4 is 43.5 Å². The van der Waals surface area contributed by atoms with E-state index in [4.69, 9.17) is 4.74 Å². The average molecular weight is 536 g/mol. The van der Waals surface area contributed by atoms with Crippen molar-refractivity contribution in [3.8, 4) is 5.75 Å². The van der Waals surface area contributed by atoms with E-state index in [1.165, 1.54) is 0 Å². The van der Waals surface area contributed by atoms with E-state index in [1.54, 1.807) is 6.33 Å². The van der Waals surface area contributed by atoms with Gasteiger partial charge in [-0.25, -0.2) is 4.68 Å². The van der Waals surface area contributed by atoms with Crippen molar-refractivity contribution < 1.29 is 4.74 Å². The Labute approximate surface area is 196 Å². The van der Waals surface area contributed by atoms with Crippen molar-refractivity contribution in [1.82, 2.24) is 14.8 Å². The number of aromatic nitrogens is 3. The van der Waals surface area contributed by atoms with Crippen LogP contribution in [0.2, 0.25) is 0 Å². The maximum atomic E-state index is 6.61. The summed E-state index contributed by atoms with van der Waals surface area (Å²) in [5, 5.41) is 8.09. The summed E-state index contributed by atoms with van der Waals surface area (Å²) in [6.07, 6.45) is 1.32. The Morgan fingerprint density at radius 3 is 2.26 bits per heavy atom. The third-order valence-corrected chi connectivity index (χ3v) is 6.74. The maximum Gasteiger partial charge on any atom is 0.226 e. The van der Waals surface area contributed by atoms with Gasteiger partial charge in [0.05, 0.1) is 5.70 Å². The lowest BCUT2D eigenvalue weighted by atomic mass is 9.85. The molecule has 2 aliphatic heterocycles. The predicted molar refractivity (Wildman–Crippen MR) is 127 cm³/mol. The minimum Gasteiger partial charge on any atom is -0.480 e. The van der Waals surface area contributed by atoms with Gasteiger partial charge in [-0.15, -0.1) is 0 Å². The number of rotatable bonds is 2. The zero-order valence-electron chi connectivity index (χ0n) is 16.2. The molecule has 2 aliphatic rings. The number of para-hydroxylation sites is 1. The van der Waals surface area contributed by atoms with Gasteiger partial charge in [-0.3, -0.25) is 0 Å². The SMILES string of the molecule is Brc1ccc([C@@H]2Oc3ccccc3C3=C2[C@@H](c2ccc(Br)cc2)n2ncnc2N3)cc1. The molecule has 0 fully saturated rings. The molecule has 0 aliphatic carbocycles. The van der Waals surface area contributed by atoms with E-state index in [9.17, 15) is 0 Å². The lowest BCUT2D eigenvalue weighted by molar-refractivity contribution is 0.223. The fourth-order valence-electron chi connectivity index (χ4n) is 4.30. The number of nitrogens with one attached hydrogen (secondary N) is 1. The van der Waals surface area contributed by atoms with Crippen LogP contribution < -0.4 is 10.1 Å². The number of hydrogen-bond acceptors (Lipinski definition) is 4. The van der Waals surface area contributed by atoms with Crippen LogP contribution in [0.25, 0.3) is 5.70 Å². The molecule has 2 atom stereocenters. The molecule has 4 aromatic rings. The Hall–Kier alpha value is -2.90. The highest BCUT2D eigenvalue weighted by Crippen LogP contribution is 2.50. The van der Waals surface area contributed by atoms with Gasteiger partial charge in [0.1, 0.15) is 24.2 Å². The first kappa shape index (κ1) is 18.8. The van der Waals surface area contributed by atoms with Crippen LogP contribution in [0.5, 0.6) is 5.75 Å². The van der Waals surface area contributed by atoms with E-state index in [2.05, 4.69) is 89.7 Å². The summed E-state index contributed by atoms with van der Waals surface area (Å²) in [6, 6.07) is 24.6. The summed E-state index contributed by atoms with van der Waals surface area (Å²) in [4.78, 5) is 4.47. The van der Waals surface area contributed by atoms with E-state index in [0.717, 1.165) is 48.6 Å². The Morgan fingerprint density at radius 2 is 1.52 bits per heavy atom. The number of anilines is 1. The van der Waals surface area contributed by atoms with Gasteiger partial charge in [0.15, 0.2) is 0 Å². The van der Waals surface area contributed by atoms with Crippen LogP contribution in [0.1, 0.15) is 28.8 Å². The summed E-state index contributed by atoms with van der Waals surface area (Å²) < 4.78 is 10.6. The molecule has 0 unspecified atom stereocenters. The standard InChI is InChI=1S/C24H16Br2N4O/c25-16-9-5-14(6-10-16)22-20-21(29-24-27-13-28-30(22)24)18-3-1-2-4-19(18)31-23(20)15-7-11-17(26)12-8-15/h1-13,22-23H,(H,27,28,29)/t22-,23+/m1/s1. The first-order chi connectivity index (χ1) is 15.2. The van der Waals surface area contributed by atoms with Crippen LogP contribution in [0.15, 0.2) is 93.6 Å². The Balaban J connectivity index is 1.62. The molecule has 0 saturated carbocycles. The van der Waals surface area contributed by atoms with Crippen molar-refractivity contribution in [1.29, 1.82) is 0 Å². The first-order valence-corrected chi connectivity index (χ1v) is 11.5. The lowest BCUT2D eigenvalue weighted by Gasteiger charge is -2.39. The normalized spacial score (nSPS) is 19.0. The van der Waals surface area contributed by atoms with Crippen molar-refractivity contribution in [3.63, 3.8) is 0 Å². The molecule has 0 saturated heterocycles. The fourth-order valence-corrected chi connectivity index (χ4v) is 4.82. The molecule has 0 amide bonds. The second-order valence-electron chi connectivity index (χ2n) is 7.48. The molecule has 31 heavy (non-hydrogen) atoms. The third-order valence-electron chi connectivity index (χ3n) is 5.68. The van der Waals surface area contributed by atoms with Crippen LogP contribution in [0, 0.1) is 0 Å². The number of hydrogen-bond donors (Lipinski definition) is 1. The topological polar surface area (TPSA) is 52.0 Å². The van der Waals surface area contributed by atoms with Crippen molar-refractivity contribution in [2.24, 2.45) is 0 Å². The van der Waals surface area contributed by atoms with Crippen LogP contribution in [-0.2, 0) is 0 Å². The Morgan fingerprint density at radius 1 is 0.839 bits per heavy atom. The quantitative estimate of drug-likeness (QED) is 0.324. The van der Waals surface area contributed by atoms with E-state index in [-0.39, 0.29) is 12.1 Å². The molecule has 1 aromatic heterocycles. The zero-order chi connectivity index (χ0) is 20.9. The molecule has 152 valence electrons. The molecule has 0 bridgehead atoms. The van der Waals surface area contributed by atoms with Crippen molar-refractivity contribution in [3.05, 3.63) is 110 Å². The summed E-state index contributed by atoms with van der Waals surface area (Å²) in [5.74, 6) is 1.57. The molecular weight excluding hydrogens is 520 g/mol. The molecule has 3 aromatic carbocycles. The number of nitrogens with zero attached hydrogens (tertiary/aromatic N) is 3. The first-order valence-electron chi connectivity index (χ1n) is 9.86. The molecule has 0 radical (unpaired) electrons. The fraction of sp³-hybridized carbons (Fsp3) is 0.0833. The monoisotopic (exact) mass is 534 g/mol. The minimum absolute atomic E-state index is 0.149. The Bertz CT molecular complexity index is 1310. The van der Waals surface area contributed by atoms with Gasteiger partial charge in [0.2, 0.25) is 5.95 Å². The molecule has 0 spiro atoms. The highest BCUT2D eigenvalue weighted by Gasteiger charge is 2.40. The van der Waals surface area contributed by atoms with E-state index < -0.39 is 0 Å². The number of benzene rings is 3. The molecular formula is C24H16Br2N4O. The maximum absolute atomic E-state index is 6.61. The zero-order valence-corrected chi connectivity index (χ0v) is 19.3. The number of ether oxygens (including phenoxy) is 1. The molecule has 1 N–H and O–H groups in total. The highest BCUT2D eigenvalue weighted by atomic mass is 79.9. The van der Waals surface area contributed by atoms with Crippen LogP contribution in [0.4, 0.5) is 5.95 Å². The molecule has 7 heteroatoms. The van der Waals surface area contributed by atoms with Crippen molar-refractivity contribution in [2.75, 3.05) is 5.32 Å². The number of fused-ring (bicyclic) bond motifs is 3. The number of halogens is 2. The summed E-state index contributed by atoms with van der Waals surface area (Å²) >= 11 is 7.09. The Kier molecular flexibility index (Phi) is 4.47. The highest BCUT2D eigenvalue weighted by molar-refractivity contribution is 9.10. The average Bonchev–Trinajstić information content (AvgIpc) is 3.27. The summed E-state index contributed by atoms with van der Waals surface area (Å²) in [5.41, 5.74) is 5.37. The van der Waals surface area contributed by atoms with Gasteiger partial charge < -0.3 is 10.1 Å². The smallest absolute Gasteiger partial charge is 0.226 e. The van der Waals surface area contributed by atoms with Gasteiger partial charge >= 0.3 is 0 Å². The van der Waals surface area contributed by atoms with E-state index in [1.807, 2.05) is 35.0 Å². The minimum atomic E-state index is -0.267. The summed E-state index contributed by atoms with van der Waals surface area (Å²) in [6.45, 7) is 0.